The fourth-order valence-corrected chi connectivity index (χ4v) is 3.67. The van der Waals surface area contributed by atoms with Crippen LogP contribution in [0.5, 0.6) is 0 Å². The summed E-state index contributed by atoms with van der Waals surface area (Å²) in [5.41, 5.74) is 0. The van der Waals surface area contributed by atoms with E-state index < -0.39 is 0 Å². The van der Waals surface area contributed by atoms with Crippen molar-refractivity contribution in [2.45, 2.75) is 35.6 Å². The summed E-state index contributed by atoms with van der Waals surface area (Å²) in [6.45, 7) is 6.99. The highest BCUT2D eigenvalue weighted by atomic mass is 32.2. The standard InChI is InChI=1S/C9H16N2OS3/c1-4-13-8-10-11-9(15-8)14-6-5-12-7(2)3/h7H,4-6H2,1-3H3. The second kappa shape index (κ2) is 7.49. The average Bonchev–Trinajstić information content (AvgIpc) is 2.61. The van der Waals surface area contributed by atoms with Crippen molar-refractivity contribution in [2.75, 3.05) is 18.1 Å². The van der Waals surface area contributed by atoms with E-state index in [2.05, 4.69) is 17.1 Å². The zero-order chi connectivity index (χ0) is 11.1. The first-order valence-electron chi connectivity index (χ1n) is 4.93. The maximum atomic E-state index is 5.45. The lowest BCUT2D eigenvalue weighted by molar-refractivity contribution is 0.0920. The molecule has 0 saturated carbocycles. The minimum atomic E-state index is 0.311. The molecule has 1 heterocycles. The Morgan fingerprint density at radius 2 is 1.93 bits per heavy atom. The molecule has 86 valence electrons. The van der Waals surface area contributed by atoms with Gasteiger partial charge < -0.3 is 4.74 Å². The molecule has 1 aromatic rings. The van der Waals surface area contributed by atoms with Gasteiger partial charge in [0.05, 0.1) is 12.7 Å². The van der Waals surface area contributed by atoms with Crippen LogP contribution in [0.2, 0.25) is 0 Å². The van der Waals surface area contributed by atoms with Gasteiger partial charge >= 0.3 is 0 Å². The first-order valence-corrected chi connectivity index (χ1v) is 7.71. The molecule has 0 aliphatic rings. The van der Waals surface area contributed by atoms with E-state index in [1.807, 2.05) is 13.8 Å². The summed E-state index contributed by atoms with van der Waals surface area (Å²) in [5.74, 6) is 2.00. The molecule has 0 bridgehead atoms. The third-order valence-corrected chi connectivity index (χ3v) is 4.45. The normalized spacial score (nSPS) is 11.2. The lowest BCUT2D eigenvalue weighted by atomic mass is 10.5. The van der Waals surface area contributed by atoms with Crippen molar-refractivity contribution < 1.29 is 4.74 Å². The predicted octanol–water partition coefficient (Wildman–Crippen LogP) is 3.17. The zero-order valence-corrected chi connectivity index (χ0v) is 11.7. The van der Waals surface area contributed by atoms with Gasteiger partial charge in [0.2, 0.25) is 0 Å². The summed E-state index contributed by atoms with van der Waals surface area (Å²) in [7, 11) is 0. The van der Waals surface area contributed by atoms with E-state index in [4.69, 9.17) is 4.74 Å². The highest BCUT2D eigenvalue weighted by molar-refractivity contribution is 8.03. The second-order valence-electron chi connectivity index (χ2n) is 3.03. The molecule has 3 nitrogen and oxygen atoms in total. The Bertz CT molecular complexity index is 278. The van der Waals surface area contributed by atoms with Gasteiger partial charge in [-0.2, -0.15) is 0 Å². The molecule has 0 N–H and O–H groups in total. The molecule has 0 saturated heterocycles. The topological polar surface area (TPSA) is 35.0 Å². The van der Waals surface area contributed by atoms with Gasteiger partial charge in [-0.25, -0.2) is 0 Å². The van der Waals surface area contributed by atoms with Crippen molar-refractivity contribution in [1.29, 1.82) is 0 Å². The molecule has 15 heavy (non-hydrogen) atoms. The van der Waals surface area contributed by atoms with E-state index in [1.54, 1.807) is 34.9 Å². The van der Waals surface area contributed by atoms with Crippen LogP contribution in [-0.4, -0.2) is 34.4 Å². The Balaban J connectivity index is 2.19. The molecule has 0 aliphatic carbocycles. The van der Waals surface area contributed by atoms with Gasteiger partial charge in [-0.05, 0) is 19.6 Å². The molecule has 0 radical (unpaired) electrons. The van der Waals surface area contributed by atoms with Crippen LogP contribution in [0.4, 0.5) is 0 Å². The summed E-state index contributed by atoms with van der Waals surface area (Å²) in [5, 5.41) is 8.20. The molecule has 6 heteroatoms. The SMILES string of the molecule is CCSc1nnc(SCCOC(C)C)s1. The zero-order valence-electron chi connectivity index (χ0n) is 9.23. The van der Waals surface area contributed by atoms with Crippen LogP contribution in [0, 0.1) is 0 Å². The van der Waals surface area contributed by atoms with Crippen LogP contribution in [0.1, 0.15) is 20.8 Å². The summed E-state index contributed by atoms with van der Waals surface area (Å²) in [4.78, 5) is 0. The van der Waals surface area contributed by atoms with E-state index in [9.17, 15) is 0 Å². The molecule has 0 spiro atoms. The van der Waals surface area contributed by atoms with Crippen molar-refractivity contribution in [3.8, 4) is 0 Å². The number of hydrogen-bond donors (Lipinski definition) is 0. The van der Waals surface area contributed by atoms with Crippen molar-refractivity contribution in [3.05, 3.63) is 0 Å². The van der Waals surface area contributed by atoms with Crippen molar-refractivity contribution in [1.82, 2.24) is 10.2 Å². The van der Waals surface area contributed by atoms with Gasteiger partial charge in [-0.15, -0.1) is 10.2 Å². The number of ether oxygens (including phenoxy) is 1. The molecular formula is C9H16N2OS3. The van der Waals surface area contributed by atoms with Crippen LogP contribution < -0.4 is 0 Å². The minimum Gasteiger partial charge on any atom is -0.378 e. The lowest BCUT2D eigenvalue weighted by Gasteiger charge is -2.05. The Morgan fingerprint density at radius 3 is 2.53 bits per heavy atom. The number of nitrogens with zero attached hydrogens (tertiary/aromatic N) is 2. The Morgan fingerprint density at radius 1 is 1.27 bits per heavy atom. The van der Waals surface area contributed by atoms with Crippen molar-refractivity contribution in [2.24, 2.45) is 0 Å². The highest BCUT2D eigenvalue weighted by Gasteiger charge is 2.04. The van der Waals surface area contributed by atoms with Gasteiger partial charge in [0.25, 0.3) is 0 Å². The molecule has 1 aromatic heterocycles. The fraction of sp³-hybridized carbons (Fsp3) is 0.778. The third-order valence-electron chi connectivity index (χ3n) is 1.42. The number of aromatic nitrogens is 2. The van der Waals surface area contributed by atoms with Crippen LogP contribution in [0.3, 0.4) is 0 Å². The molecule has 0 fully saturated rings. The fourth-order valence-electron chi connectivity index (χ4n) is 0.850. The smallest absolute Gasteiger partial charge is 0.175 e. The summed E-state index contributed by atoms with van der Waals surface area (Å²) < 4.78 is 7.55. The monoisotopic (exact) mass is 264 g/mol. The molecule has 0 atom stereocenters. The first kappa shape index (κ1) is 13.3. The van der Waals surface area contributed by atoms with Crippen LogP contribution in [-0.2, 0) is 4.74 Å². The van der Waals surface area contributed by atoms with Gasteiger partial charge in [-0.1, -0.05) is 41.8 Å². The molecule has 0 amide bonds. The molecule has 0 unspecified atom stereocenters. The second-order valence-corrected chi connectivity index (χ2v) is 6.87. The van der Waals surface area contributed by atoms with Crippen molar-refractivity contribution in [3.63, 3.8) is 0 Å². The number of thioether (sulfide) groups is 2. The Kier molecular flexibility index (Phi) is 6.63. The van der Waals surface area contributed by atoms with E-state index in [0.717, 1.165) is 26.8 Å². The average molecular weight is 264 g/mol. The van der Waals surface area contributed by atoms with Gasteiger partial charge in [0.15, 0.2) is 8.68 Å². The molecular weight excluding hydrogens is 248 g/mol. The number of hydrogen-bond acceptors (Lipinski definition) is 6. The molecule has 0 aliphatic heterocycles. The quantitative estimate of drug-likeness (QED) is 0.558. The van der Waals surface area contributed by atoms with Crippen LogP contribution >= 0.6 is 34.9 Å². The van der Waals surface area contributed by atoms with Gasteiger partial charge in [0.1, 0.15) is 0 Å². The number of rotatable bonds is 7. The Labute approximate surface area is 103 Å². The summed E-state index contributed by atoms with van der Waals surface area (Å²) in [6.07, 6.45) is 0.311. The predicted molar refractivity (Wildman–Crippen MR) is 68.1 cm³/mol. The van der Waals surface area contributed by atoms with E-state index in [-0.39, 0.29) is 0 Å². The van der Waals surface area contributed by atoms with Crippen LogP contribution in [0.15, 0.2) is 8.68 Å². The maximum absolute atomic E-state index is 5.45. The lowest BCUT2D eigenvalue weighted by Crippen LogP contribution is -2.05. The summed E-state index contributed by atoms with van der Waals surface area (Å²) in [6, 6.07) is 0. The first-order chi connectivity index (χ1) is 7.22. The Hall–Kier alpha value is 0.220. The van der Waals surface area contributed by atoms with E-state index in [1.165, 1.54) is 0 Å². The van der Waals surface area contributed by atoms with Gasteiger partial charge in [-0.3, -0.25) is 0 Å². The highest BCUT2D eigenvalue weighted by Crippen LogP contribution is 2.28. The summed E-state index contributed by atoms with van der Waals surface area (Å²) >= 11 is 5.12. The molecule has 0 aromatic carbocycles. The maximum Gasteiger partial charge on any atom is 0.175 e. The van der Waals surface area contributed by atoms with Crippen molar-refractivity contribution >= 4 is 34.9 Å². The van der Waals surface area contributed by atoms with Gasteiger partial charge in [0, 0.05) is 5.75 Å². The third kappa shape index (κ3) is 5.75. The minimum absolute atomic E-state index is 0.311. The van der Waals surface area contributed by atoms with E-state index >= 15 is 0 Å². The van der Waals surface area contributed by atoms with Crippen LogP contribution in [0.25, 0.3) is 0 Å². The molecule has 1 rings (SSSR count). The van der Waals surface area contributed by atoms with E-state index in [0.29, 0.717) is 6.10 Å². The largest absolute Gasteiger partial charge is 0.378 e.